The van der Waals surface area contributed by atoms with Crippen molar-refractivity contribution >= 4 is 17.9 Å². The van der Waals surface area contributed by atoms with Gasteiger partial charge in [-0.15, -0.1) is 0 Å². The van der Waals surface area contributed by atoms with Gasteiger partial charge in [0.25, 0.3) is 6.29 Å². The van der Waals surface area contributed by atoms with Crippen LogP contribution in [0.4, 0.5) is 0 Å². The topological polar surface area (TPSA) is 129 Å². The fourth-order valence-electron chi connectivity index (χ4n) is 4.46. The molecule has 0 aliphatic carbocycles. The number of hydrogen-bond acceptors (Lipinski definition) is 9. The second kappa shape index (κ2) is 7.51. The van der Waals surface area contributed by atoms with Crippen LogP contribution in [0.2, 0.25) is 0 Å². The molecule has 0 aromatic heterocycles. The highest BCUT2D eigenvalue weighted by atomic mass is 16.7. The van der Waals surface area contributed by atoms with Crippen molar-refractivity contribution < 1.29 is 43.5 Å². The summed E-state index contributed by atoms with van der Waals surface area (Å²) in [6.45, 7) is 2.28. The predicted molar refractivity (Wildman–Crippen MR) is 114 cm³/mol. The third-order valence-corrected chi connectivity index (χ3v) is 5.61. The largest absolute Gasteiger partial charge is 0.508 e. The first-order chi connectivity index (χ1) is 16.2. The maximum Gasteiger partial charge on any atom is 0.340 e. The van der Waals surface area contributed by atoms with E-state index in [1.54, 1.807) is 30.3 Å². The third-order valence-electron chi connectivity index (χ3n) is 5.61. The number of carbonyl (C=O) groups excluding carboxylic acids is 3. The Morgan fingerprint density at radius 1 is 0.882 bits per heavy atom. The van der Waals surface area contributed by atoms with E-state index in [1.807, 2.05) is 0 Å². The molecule has 0 saturated heterocycles. The van der Waals surface area contributed by atoms with Crippen molar-refractivity contribution in [3.63, 3.8) is 0 Å². The standard InChI is InChI=1S/C25H18O9/c1-12(26)31-24(32-13(2)27)17-9-15(29)11-21-22(17)25(19-8-7-14(28)10-20(19)33-21)18-6-4-3-5-16(18)23(30)34-25/h3-11,24,28-29H,1-2H3. The summed E-state index contributed by atoms with van der Waals surface area (Å²) in [6, 6.07) is 13.6. The highest BCUT2D eigenvalue weighted by Crippen LogP contribution is 2.59. The van der Waals surface area contributed by atoms with Crippen LogP contribution in [0.1, 0.15) is 52.7 Å². The molecule has 2 aliphatic rings. The number of fused-ring (bicyclic) bond motifs is 6. The lowest BCUT2D eigenvalue weighted by molar-refractivity contribution is -0.187. The lowest BCUT2D eigenvalue weighted by atomic mass is 9.75. The number of rotatable bonds is 3. The summed E-state index contributed by atoms with van der Waals surface area (Å²) in [5, 5.41) is 20.5. The van der Waals surface area contributed by atoms with E-state index in [0.717, 1.165) is 13.8 Å². The molecule has 0 bridgehead atoms. The van der Waals surface area contributed by atoms with Crippen LogP contribution in [0.5, 0.6) is 23.0 Å². The fraction of sp³-hybridized carbons (Fsp3) is 0.160. The van der Waals surface area contributed by atoms with Crippen molar-refractivity contribution in [2.75, 3.05) is 0 Å². The molecule has 3 aromatic carbocycles. The summed E-state index contributed by atoms with van der Waals surface area (Å²) >= 11 is 0. The van der Waals surface area contributed by atoms with E-state index in [2.05, 4.69) is 0 Å². The summed E-state index contributed by atoms with van der Waals surface area (Å²) in [4.78, 5) is 36.7. The Morgan fingerprint density at radius 2 is 1.56 bits per heavy atom. The zero-order chi connectivity index (χ0) is 24.2. The van der Waals surface area contributed by atoms with Crippen LogP contribution in [-0.4, -0.2) is 28.1 Å². The van der Waals surface area contributed by atoms with Crippen molar-refractivity contribution in [1.29, 1.82) is 0 Å². The van der Waals surface area contributed by atoms with Gasteiger partial charge in [-0.1, -0.05) is 18.2 Å². The number of phenols is 2. The molecule has 3 aromatic rings. The van der Waals surface area contributed by atoms with Crippen molar-refractivity contribution in [2.45, 2.75) is 25.7 Å². The Morgan fingerprint density at radius 3 is 2.26 bits per heavy atom. The van der Waals surface area contributed by atoms with Crippen LogP contribution >= 0.6 is 0 Å². The van der Waals surface area contributed by atoms with E-state index in [1.165, 1.54) is 24.3 Å². The summed E-state index contributed by atoms with van der Waals surface area (Å²) in [6.07, 6.45) is -1.57. The molecule has 2 N–H and O–H groups in total. The minimum atomic E-state index is -1.61. The van der Waals surface area contributed by atoms with Gasteiger partial charge in [0.05, 0.1) is 11.1 Å². The van der Waals surface area contributed by atoms with Crippen LogP contribution in [0.25, 0.3) is 0 Å². The average Bonchev–Trinajstić information content (AvgIpc) is 3.05. The van der Waals surface area contributed by atoms with Gasteiger partial charge in [-0.2, -0.15) is 0 Å². The maximum atomic E-state index is 13.0. The molecule has 0 radical (unpaired) electrons. The Labute approximate surface area is 193 Å². The molecule has 1 unspecified atom stereocenters. The molecular weight excluding hydrogens is 444 g/mol. The Bertz CT molecular complexity index is 1360. The SMILES string of the molecule is CC(=O)OC(OC(C)=O)c1cc(O)cc2c1C1(OC(=O)c3ccccc31)c1ccc(O)cc1O2. The quantitative estimate of drug-likeness (QED) is 0.441. The maximum absolute atomic E-state index is 13.0. The zero-order valence-corrected chi connectivity index (χ0v) is 18.0. The van der Waals surface area contributed by atoms with Crippen molar-refractivity contribution in [3.8, 4) is 23.0 Å². The Hall–Kier alpha value is -4.53. The van der Waals surface area contributed by atoms with Gasteiger partial charge in [0.15, 0.2) is 5.60 Å². The number of phenolic OH excluding ortho intramolecular Hbond substituents is 2. The van der Waals surface area contributed by atoms with E-state index in [9.17, 15) is 24.6 Å². The van der Waals surface area contributed by atoms with Crippen molar-refractivity contribution in [1.82, 2.24) is 0 Å². The summed E-state index contributed by atoms with van der Waals surface area (Å²) in [5.74, 6) is -2.24. The molecule has 1 atom stereocenters. The highest BCUT2D eigenvalue weighted by molar-refractivity contribution is 5.97. The molecule has 2 heterocycles. The number of esters is 3. The molecule has 0 saturated carbocycles. The van der Waals surface area contributed by atoms with Gasteiger partial charge in [-0.3, -0.25) is 9.59 Å². The number of benzene rings is 3. The van der Waals surface area contributed by atoms with E-state index in [-0.39, 0.29) is 34.1 Å². The first-order valence-electron chi connectivity index (χ1n) is 10.3. The van der Waals surface area contributed by atoms with Gasteiger partial charge in [0, 0.05) is 42.7 Å². The second-order valence-electron chi connectivity index (χ2n) is 7.86. The normalized spacial score (nSPS) is 17.3. The van der Waals surface area contributed by atoms with Gasteiger partial charge in [0.1, 0.15) is 23.0 Å². The van der Waals surface area contributed by atoms with E-state index < -0.39 is 29.8 Å². The molecule has 5 rings (SSSR count). The average molecular weight is 462 g/mol. The Balaban J connectivity index is 1.88. The van der Waals surface area contributed by atoms with Crippen molar-refractivity contribution in [3.05, 3.63) is 82.4 Å². The van der Waals surface area contributed by atoms with Gasteiger partial charge in [-0.25, -0.2) is 4.79 Å². The summed E-state index contributed by atoms with van der Waals surface area (Å²) < 4.78 is 22.5. The van der Waals surface area contributed by atoms with Crippen LogP contribution < -0.4 is 4.74 Å². The molecule has 0 fully saturated rings. The first kappa shape index (κ1) is 21.3. The van der Waals surface area contributed by atoms with E-state index in [0.29, 0.717) is 16.7 Å². The number of aromatic hydroxyl groups is 2. The lowest BCUT2D eigenvalue weighted by Gasteiger charge is -2.38. The minimum Gasteiger partial charge on any atom is -0.508 e. The first-order valence-corrected chi connectivity index (χ1v) is 10.3. The summed E-state index contributed by atoms with van der Waals surface area (Å²) in [5.41, 5.74) is -0.214. The molecule has 2 aliphatic heterocycles. The van der Waals surface area contributed by atoms with Gasteiger partial charge >= 0.3 is 17.9 Å². The molecule has 172 valence electrons. The van der Waals surface area contributed by atoms with E-state index >= 15 is 0 Å². The fourth-order valence-corrected chi connectivity index (χ4v) is 4.46. The van der Waals surface area contributed by atoms with Crippen molar-refractivity contribution in [2.24, 2.45) is 0 Å². The van der Waals surface area contributed by atoms with Crippen LogP contribution in [0.3, 0.4) is 0 Å². The third kappa shape index (κ3) is 3.13. The highest BCUT2D eigenvalue weighted by Gasteiger charge is 2.55. The van der Waals surface area contributed by atoms with Gasteiger partial charge < -0.3 is 29.2 Å². The molecule has 0 amide bonds. The smallest absolute Gasteiger partial charge is 0.340 e. The molecule has 9 nitrogen and oxygen atoms in total. The monoisotopic (exact) mass is 462 g/mol. The molecule has 34 heavy (non-hydrogen) atoms. The minimum absolute atomic E-state index is 0.0450. The molecular formula is C25H18O9. The summed E-state index contributed by atoms with van der Waals surface area (Å²) in [7, 11) is 0. The van der Waals surface area contributed by atoms with Crippen LogP contribution in [0.15, 0.2) is 54.6 Å². The van der Waals surface area contributed by atoms with E-state index in [4.69, 9.17) is 18.9 Å². The molecule has 9 heteroatoms. The predicted octanol–water partition coefficient (Wildman–Crippen LogP) is 3.79. The number of hydrogen-bond donors (Lipinski definition) is 2. The number of ether oxygens (including phenoxy) is 4. The van der Waals surface area contributed by atoms with Gasteiger partial charge in [-0.05, 0) is 24.3 Å². The van der Waals surface area contributed by atoms with Gasteiger partial charge in [0.2, 0.25) is 0 Å². The second-order valence-corrected chi connectivity index (χ2v) is 7.86. The Kier molecular flexibility index (Phi) is 4.71. The van der Waals surface area contributed by atoms with Crippen LogP contribution in [0, 0.1) is 0 Å². The molecule has 1 spiro atoms. The zero-order valence-electron chi connectivity index (χ0n) is 18.0. The number of carbonyl (C=O) groups is 3. The lowest BCUT2D eigenvalue weighted by Crippen LogP contribution is -2.35. The van der Waals surface area contributed by atoms with Crippen LogP contribution in [-0.2, 0) is 29.4 Å².